The van der Waals surface area contributed by atoms with Gasteiger partial charge >= 0.3 is 0 Å². The molecule has 0 spiro atoms. The van der Waals surface area contributed by atoms with Crippen LogP contribution in [-0.2, 0) is 17.8 Å². The largest absolute Gasteiger partial charge is 0.339 e. The first-order valence-electron chi connectivity index (χ1n) is 8.97. The Hall–Kier alpha value is -3.09. The van der Waals surface area contributed by atoms with Gasteiger partial charge in [-0.3, -0.25) is 9.78 Å². The predicted molar refractivity (Wildman–Crippen MR) is 95.8 cm³/mol. The van der Waals surface area contributed by atoms with Gasteiger partial charge in [-0.05, 0) is 31.0 Å². The third kappa shape index (κ3) is 4.19. The van der Waals surface area contributed by atoms with Crippen LogP contribution in [0.4, 0.5) is 4.39 Å². The number of pyridine rings is 1. The maximum atomic E-state index is 13.9. The lowest BCUT2D eigenvalue weighted by atomic mass is 10.1. The number of rotatable bonds is 7. The number of hydrogen-bond donors (Lipinski definition) is 0. The van der Waals surface area contributed by atoms with Crippen LogP contribution in [0.2, 0.25) is 0 Å². The molecule has 0 unspecified atom stereocenters. The van der Waals surface area contributed by atoms with Gasteiger partial charge in [-0.2, -0.15) is 4.98 Å². The molecule has 1 amide bonds. The van der Waals surface area contributed by atoms with E-state index in [1.165, 1.54) is 6.07 Å². The number of carbonyl (C=O) groups excluding carboxylic acids is 1. The summed E-state index contributed by atoms with van der Waals surface area (Å²) >= 11 is 0. The Balaban J connectivity index is 1.39. The highest BCUT2D eigenvalue weighted by Crippen LogP contribution is 2.29. The SMILES string of the molecule is O=C(CCc1nc(-c2ccccn2)no1)N(Cc1ccccc1F)C1CC1. The highest BCUT2D eigenvalue weighted by Gasteiger charge is 2.32. The van der Waals surface area contributed by atoms with Gasteiger partial charge in [0.05, 0.1) is 0 Å². The molecule has 138 valence electrons. The fraction of sp³-hybridized carbons (Fsp3) is 0.300. The Morgan fingerprint density at radius 3 is 2.74 bits per heavy atom. The molecule has 0 radical (unpaired) electrons. The monoisotopic (exact) mass is 366 g/mol. The first-order valence-corrected chi connectivity index (χ1v) is 8.97. The molecule has 3 aromatic rings. The average molecular weight is 366 g/mol. The highest BCUT2D eigenvalue weighted by atomic mass is 19.1. The van der Waals surface area contributed by atoms with Crippen LogP contribution in [0.1, 0.15) is 30.7 Å². The topological polar surface area (TPSA) is 72.1 Å². The minimum Gasteiger partial charge on any atom is -0.339 e. The fourth-order valence-electron chi connectivity index (χ4n) is 2.93. The molecule has 0 aliphatic heterocycles. The third-order valence-electron chi connectivity index (χ3n) is 4.52. The summed E-state index contributed by atoms with van der Waals surface area (Å²) in [6, 6.07) is 12.2. The van der Waals surface area contributed by atoms with Crippen molar-refractivity contribution in [1.29, 1.82) is 0 Å². The summed E-state index contributed by atoms with van der Waals surface area (Å²) in [6.07, 6.45) is 4.17. The molecular formula is C20H19FN4O2. The molecule has 7 heteroatoms. The van der Waals surface area contributed by atoms with Gasteiger partial charge in [0, 0.05) is 37.2 Å². The second-order valence-corrected chi connectivity index (χ2v) is 6.57. The second kappa shape index (κ2) is 7.65. The fourth-order valence-corrected chi connectivity index (χ4v) is 2.93. The Bertz CT molecular complexity index is 924. The van der Waals surface area contributed by atoms with E-state index in [2.05, 4.69) is 15.1 Å². The van der Waals surface area contributed by atoms with Crippen molar-refractivity contribution in [3.05, 3.63) is 65.9 Å². The molecule has 1 aliphatic rings. The summed E-state index contributed by atoms with van der Waals surface area (Å²) < 4.78 is 19.2. The van der Waals surface area contributed by atoms with Crippen LogP contribution in [0.3, 0.4) is 0 Å². The lowest BCUT2D eigenvalue weighted by molar-refractivity contribution is -0.132. The lowest BCUT2D eigenvalue weighted by Gasteiger charge is -2.22. The smallest absolute Gasteiger partial charge is 0.227 e. The van der Waals surface area contributed by atoms with E-state index in [0.717, 1.165) is 12.8 Å². The van der Waals surface area contributed by atoms with Crippen molar-refractivity contribution < 1.29 is 13.7 Å². The number of aromatic nitrogens is 3. The normalized spacial score (nSPS) is 13.5. The van der Waals surface area contributed by atoms with Gasteiger partial charge in [0.15, 0.2) is 0 Å². The Labute approximate surface area is 156 Å². The van der Waals surface area contributed by atoms with E-state index in [-0.39, 0.29) is 24.2 Å². The molecule has 1 aromatic carbocycles. The molecule has 0 bridgehead atoms. The van der Waals surface area contributed by atoms with E-state index in [1.54, 1.807) is 35.4 Å². The van der Waals surface area contributed by atoms with E-state index in [1.807, 2.05) is 12.1 Å². The van der Waals surface area contributed by atoms with Crippen molar-refractivity contribution in [1.82, 2.24) is 20.0 Å². The average Bonchev–Trinajstić information content (AvgIpc) is 3.43. The van der Waals surface area contributed by atoms with Crippen molar-refractivity contribution >= 4 is 5.91 Å². The second-order valence-electron chi connectivity index (χ2n) is 6.57. The number of hydrogen-bond acceptors (Lipinski definition) is 5. The molecule has 1 fully saturated rings. The van der Waals surface area contributed by atoms with Crippen LogP contribution in [0.15, 0.2) is 53.2 Å². The van der Waals surface area contributed by atoms with Gasteiger partial charge in [0.25, 0.3) is 0 Å². The molecule has 0 saturated heterocycles. The zero-order valence-electron chi connectivity index (χ0n) is 14.7. The van der Waals surface area contributed by atoms with Crippen molar-refractivity contribution in [3.8, 4) is 11.5 Å². The summed E-state index contributed by atoms with van der Waals surface area (Å²) in [7, 11) is 0. The van der Waals surface area contributed by atoms with Gasteiger partial charge in [-0.1, -0.05) is 29.4 Å². The molecule has 2 heterocycles. The van der Waals surface area contributed by atoms with Crippen LogP contribution in [0.5, 0.6) is 0 Å². The van der Waals surface area contributed by atoms with Crippen molar-refractivity contribution in [2.45, 2.75) is 38.3 Å². The lowest BCUT2D eigenvalue weighted by Crippen LogP contribution is -2.33. The van der Waals surface area contributed by atoms with Crippen molar-refractivity contribution in [2.75, 3.05) is 0 Å². The molecule has 0 atom stereocenters. The first-order chi connectivity index (χ1) is 13.2. The van der Waals surface area contributed by atoms with Crippen LogP contribution < -0.4 is 0 Å². The summed E-state index contributed by atoms with van der Waals surface area (Å²) in [4.78, 5) is 22.9. The first kappa shape index (κ1) is 17.3. The van der Waals surface area contributed by atoms with E-state index < -0.39 is 0 Å². The summed E-state index contributed by atoms with van der Waals surface area (Å²) in [6.45, 7) is 0.291. The van der Waals surface area contributed by atoms with E-state index >= 15 is 0 Å². The quantitative estimate of drug-likeness (QED) is 0.641. The molecule has 6 nitrogen and oxygen atoms in total. The number of nitrogens with zero attached hydrogens (tertiary/aromatic N) is 4. The molecule has 0 N–H and O–H groups in total. The Kier molecular flexibility index (Phi) is 4.91. The standard InChI is InChI=1S/C20H19FN4O2/c21-16-6-2-1-5-14(16)13-25(15-8-9-15)19(26)11-10-18-23-20(24-27-18)17-7-3-4-12-22-17/h1-7,12,15H,8-11,13H2. The zero-order chi connectivity index (χ0) is 18.6. The maximum absolute atomic E-state index is 13.9. The summed E-state index contributed by atoms with van der Waals surface area (Å²) in [5.74, 6) is 0.486. The molecule has 2 aromatic heterocycles. The molecule has 1 aliphatic carbocycles. The highest BCUT2D eigenvalue weighted by molar-refractivity contribution is 5.77. The van der Waals surface area contributed by atoms with E-state index in [9.17, 15) is 9.18 Å². The van der Waals surface area contributed by atoms with Crippen LogP contribution in [0, 0.1) is 5.82 Å². The van der Waals surface area contributed by atoms with Gasteiger partial charge in [0.2, 0.25) is 17.6 Å². The Morgan fingerprint density at radius 1 is 1.19 bits per heavy atom. The van der Waals surface area contributed by atoms with Crippen molar-refractivity contribution in [2.24, 2.45) is 0 Å². The van der Waals surface area contributed by atoms with E-state index in [0.29, 0.717) is 35.9 Å². The summed E-state index contributed by atoms with van der Waals surface area (Å²) in [5, 5.41) is 3.91. The Morgan fingerprint density at radius 2 is 2.00 bits per heavy atom. The van der Waals surface area contributed by atoms with Gasteiger partial charge < -0.3 is 9.42 Å². The van der Waals surface area contributed by atoms with Crippen LogP contribution in [-0.4, -0.2) is 32.0 Å². The number of aryl methyl sites for hydroxylation is 1. The molecular weight excluding hydrogens is 347 g/mol. The molecule has 4 rings (SSSR count). The van der Waals surface area contributed by atoms with Crippen LogP contribution >= 0.6 is 0 Å². The third-order valence-corrected chi connectivity index (χ3v) is 4.52. The minimum atomic E-state index is -0.284. The van der Waals surface area contributed by atoms with Gasteiger partial charge in [-0.15, -0.1) is 0 Å². The predicted octanol–water partition coefficient (Wildman–Crippen LogP) is 3.39. The zero-order valence-corrected chi connectivity index (χ0v) is 14.7. The van der Waals surface area contributed by atoms with E-state index in [4.69, 9.17) is 4.52 Å². The summed E-state index contributed by atoms with van der Waals surface area (Å²) in [5.41, 5.74) is 1.16. The number of benzene rings is 1. The van der Waals surface area contributed by atoms with Gasteiger partial charge in [0.1, 0.15) is 11.5 Å². The number of halogens is 1. The van der Waals surface area contributed by atoms with Crippen LogP contribution in [0.25, 0.3) is 11.5 Å². The molecule has 1 saturated carbocycles. The molecule has 27 heavy (non-hydrogen) atoms. The van der Waals surface area contributed by atoms with Gasteiger partial charge in [-0.25, -0.2) is 4.39 Å². The maximum Gasteiger partial charge on any atom is 0.227 e. The minimum absolute atomic E-state index is 0.0293. The van der Waals surface area contributed by atoms with Crippen molar-refractivity contribution in [3.63, 3.8) is 0 Å². The number of carbonyl (C=O) groups is 1. The number of amides is 1.